The number of ketones is 1. The summed E-state index contributed by atoms with van der Waals surface area (Å²) in [4.78, 5) is 28.5. The Balaban J connectivity index is 1.37. The Morgan fingerprint density at radius 2 is 1.76 bits per heavy atom. The third-order valence-corrected chi connectivity index (χ3v) is 6.33. The number of anilines is 1. The topological polar surface area (TPSA) is 58.6 Å². The number of carbonyl (C=O) groups excluding carboxylic acids is 2. The van der Waals surface area contributed by atoms with Crippen molar-refractivity contribution in [1.82, 2.24) is 4.90 Å². The van der Waals surface area contributed by atoms with Crippen molar-refractivity contribution >= 4 is 29.0 Å². The van der Waals surface area contributed by atoms with Crippen LogP contribution in [0, 0.1) is 5.92 Å². The van der Waals surface area contributed by atoms with Crippen molar-refractivity contribution < 1.29 is 14.3 Å². The van der Waals surface area contributed by atoms with Gasteiger partial charge < -0.3 is 10.1 Å². The number of piperidine rings is 1. The quantitative estimate of drug-likeness (QED) is 0.416. The zero-order valence-electron chi connectivity index (χ0n) is 19.3. The number of rotatable bonds is 8. The van der Waals surface area contributed by atoms with Gasteiger partial charge in [0.2, 0.25) is 5.91 Å². The van der Waals surface area contributed by atoms with Crippen LogP contribution >= 0.6 is 11.6 Å². The zero-order chi connectivity index (χ0) is 23.9. The summed E-state index contributed by atoms with van der Waals surface area (Å²) in [7, 11) is 0. The second-order valence-corrected chi connectivity index (χ2v) is 8.94. The molecule has 176 valence electrons. The molecule has 0 atom stereocenters. The molecule has 1 saturated heterocycles. The predicted octanol–water partition coefficient (Wildman–Crippen LogP) is 5.82. The summed E-state index contributed by atoms with van der Waals surface area (Å²) >= 11 is 6.17. The molecule has 0 aliphatic carbocycles. The van der Waals surface area contributed by atoms with Gasteiger partial charge in [-0.1, -0.05) is 54.1 Å². The second-order valence-electron chi connectivity index (χ2n) is 8.51. The van der Waals surface area contributed by atoms with E-state index in [-0.39, 0.29) is 17.6 Å². The average molecular weight is 477 g/mol. The predicted molar refractivity (Wildman–Crippen MR) is 136 cm³/mol. The lowest BCUT2D eigenvalue weighted by atomic mass is 9.95. The number of amides is 1. The molecule has 1 aliphatic rings. The van der Waals surface area contributed by atoms with Crippen LogP contribution in [0.4, 0.5) is 5.69 Å². The van der Waals surface area contributed by atoms with Gasteiger partial charge in [0.1, 0.15) is 5.75 Å². The summed E-state index contributed by atoms with van der Waals surface area (Å²) < 4.78 is 5.60. The highest BCUT2D eigenvalue weighted by atomic mass is 35.5. The number of nitrogens with zero attached hydrogens (tertiary/aromatic N) is 1. The van der Waals surface area contributed by atoms with Gasteiger partial charge in [0.25, 0.3) is 0 Å². The molecule has 0 aromatic heterocycles. The van der Waals surface area contributed by atoms with E-state index in [1.807, 2.05) is 37.3 Å². The van der Waals surface area contributed by atoms with Crippen molar-refractivity contribution in [2.24, 2.45) is 5.92 Å². The number of nitrogens with one attached hydrogen (secondary N) is 1. The Morgan fingerprint density at radius 1 is 1.00 bits per heavy atom. The molecule has 3 aromatic carbocycles. The van der Waals surface area contributed by atoms with Crippen LogP contribution in [0.3, 0.4) is 0 Å². The van der Waals surface area contributed by atoms with E-state index in [1.54, 1.807) is 30.3 Å². The molecular formula is C28H29ClN2O3. The fourth-order valence-corrected chi connectivity index (χ4v) is 4.48. The van der Waals surface area contributed by atoms with Crippen LogP contribution in [0.5, 0.6) is 5.75 Å². The molecule has 3 aromatic rings. The molecule has 5 nitrogen and oxygen atoms in total. The molecule has 1 fully saturated rings. The lowest BCUT2D eigenvalue weighted by Gasteiger charge is -2.31. The third-order valence-electron chi connectivity index (χ3n) is 6.09. The van der Waals surface area contributed by atoms with E-state index in [1.165, 1.54) is 5.56 Å². The Kier molecular flexibility index (Phi) is 7.99. The lowest BCUT2D eigenvalue weighted by molar-refractivity contribution is -0.121. The molecule has 1 N–H and O–H groups in total. The molecule has 0 bridgehead atoms. The van der Waals surface area contributed by atoms with Crippen molar-refractivity contribution in [1.29, 1.82) is 0 Å². The maximum Gasteiger partial charge on any atom is 0.227 e. The standard InChI is InChI=1S/C28H29ClN2O3/c1-2-34-24-10-6-7-20(17-24)19-31-15-13-22(14-16-31)28(33)30-26-12-11-23(29)18-25(26)27(32)21-8-4-3-5-9-21/h3-12,17-18,22H,2,13-16,19H2,1H3,(H,30,33). The number of benzene rings is 3. The minimum Gasteiger partial charge on any atom is -0.494 e. The number of hydrogen-bond donors (Lipinski definition) is 1. The highest BCUT2D eigenvalue weighted by molar-refractivity contribution is 6.31. The summed E-state index contributed by atoms with van der Waals surface area (Å²) in [6.07, 6.45) is 1.54. The van der Waals surface area contributed by atoms with Crippen LogP contribution < -0.4 is 10.1 Å². The van der Waals surface area contributed by atoms with Gasteiger partial charge in [0.05, 0.1) is 12.3 Å². The Labute approximate surface area is 205 Å². The molecule has 6 heteroatoms. The summed E-state index contributed by atoms with van der Waals surface area (Å²) in [6.45, 7) is 5.15. The van der Waals surface area contributed by atoms with Gasteiger partial charge in [0.15, 0.2) is 5.78 Å². The van der Waals surface area contributed by atoms with Crippen molar-refractivity contribution in [3.8, 4) is 5.75 Å². The van der Waals surface area contributed by atoms with Gasteiger partial charge >= 0.3 is 0 Å². The first kappa shape index (κ1) is 24.0. The smallest absolute Gasteiger partial charge is 0.227 e. The van der Waals surface area contributed by atoms with Crippen molar-refractivity contribution in [2.75, 3.05) is 25.0 Å². The molecule has 0 spiro atoms. The van der Waals surface area contributed by atoms with E-state index in [0.29, 0.717) is 28.4 Å². The molecule has 0 unspecified atom stereocenters. The third kappa shape index (κ3) is 6.04. The number of hydrogen-bond acceptors (Lipinski definition) is 4. The van der Waals surface area contributed by atoms with Crippen LogP contribution in [0.2, 0.25) is 5.02 Å². The largest absolute Gasteiger partial charge is 0.494 e. The van der Waals surface area contributed by atoms with Gasteiger partial charge in [-0.2, -0.15) is 0 Å². The van der Waals surface area contributed by atoms with Gasteiger partial charge in [0, 0.05) is 28.6 Å². The normalized spacial score (nSPS) is 14.5. The number of likely N-dealkylation sites (tertiary alicyclic amines) is 1. The molecular weight excluding hydrogens is 448 g/mol. The lowest BCUT2D eigenvalue weighted by Crippen LogP contribution is -2.37. The van der Waals surface area contributed by atoms with Crippen LogP contribution in [-0.4, -0.2) is 36.3 Å². The number of carbonyl (C=O) groups is 2. The minimum absolute atomic E-state index is 0.0533. The van der Waals surface area contributed by atoms with E-state index in [2.05, 4.69) is 22.3 Å². The van der Waals surface area contributed by atoms with Crippen LogP contribution in [0.1, 0.15) is 41.3 Å². The molecule has 34 heavy (non-hydrogen) atoms. The van der Waals surface area contributed by atoms with Crippen LogP contribution in [0.25, 0.3) is 0 Å². The fourth-order valence-electron chi connectivity index (χ4n) is 4.30. The monoisotopic (exact) mass is 476 g/mol. The summed E-state index contributed by atoms with van der Waals surface area (Å²) in [5.74, 6) is 0.573. The highest BCUT2D eigenvalue weighted by Crippen LogP contribution is 2.26. The number of ether oxygens (including phenoxy) is 1. The SMILES string of the molecule is CCOc1cccc(CN2CCC(C(=O)Nc3ccc(Cl)cc3C(=O)c3ccccc3)CC2)c1. The van der Waals surface area contributed by atoms with E-state index >= 15 is 0 Å². The molecule has 0 saturated carbocycles. The molecule has 1 aliphatic heterocycles. The first-order chi connectivity index (χ1) is 16.5. The molecule has 1 heterocycles. The first-order valence-electron chi connectivity index (χ1n) is 11.7. The maximum atomic E-state index is 13.1. The Morgan fingerprint density at radius 3 is 2.50 bits per heavy atom. The van der Waals surface area contributed by atoms with E-state index in [0.717, 1.165) is 38.2 Å². The average Bonchev–Trinajstić information content (AvgIpc) is 2.86. The second kappa shape index (κ2) is 11.3. The van der Waals surface area contributed by atoms with Gasteiger partial charge in [-0.25, -0.2) is 0 Å². The summed E-state index contributed by atoms with van der Waals surface area (Å²) in [5.41, 5.74) is 2.66. The Bertz CT molecular complexity index is 1140. The van der Waals surface area contributed by atoms with E-state index in [9.17, 15) is 9.59 Å². The van der Waals surface area contributed by atoms with Gasteiger partial charge in [-0.15, -0.1) is 0 Å². The van der Waals surface area contributed by atoms with Crippen molar-refractivity contribution in [3.63, 3.8) is 0 Å². The van der Waals surface area contributed by atoms with Crippen molar-refractivity contribution in [2.45, 2.75) is 26.3 Å². The van der Waals surface area contributed by atoms with Gasteiger partial charge in [-0.05, 0) is 68.8 Å². The van der Waals surface area contributed by atoms with Crippen LogP contribution in [0.15, 0.2) is 72.8 Å². The first-order valence-corrected chi connectivity index (χ1v) is 12.1. The minimum atomic E-state index is -0.164. The number of halogens is 1. The Hall–Kier alpha value is -3.15. The molecule has 0 radical (unpaired) electrons. The zero-order valence-corrected chi connectivity index (χ0v) is 20.1. The summed E-state index contributed by atoms with van der Waals surface area (Å²) in [5, 5.41) is 3.45. The van der Waals surface area contributed by atoms with Crippen molar-refractivity contribution in [3.05, 3.63) is 94.5 Å². The van der Waals surface area contributed by atoms with Crippen LogP contribution in [-0.2, 0) is 11.3 Å². The molecule has 4 rings (SSSR count). The molecule has 1 amide bonds. The maximum absolute atomic E-state index is 13.1. The van der Waals surface area contributed by atoms with Gasteiger partial charge in [-0.3, -0.25) is 14.5 Å². The van der Waals surface area contributed by atoms with E-state index < -0.39 is 0 Å². The summed E-state index contributed by atoms with van der Waals surface area (Å²) in [6, 6.07) is 22.2. The highest BCUT2D eigenvalue weighted by Gasteiger charge is 2.26. The fraction of sp³-hybridized carbons (Fsp3) is 0.286. The van der Waals surface area contributed by atoms with E-state index in [4.69, 9.17) is 16.3 Å².